The van der Waals surface area contributed by atoms with Gasteiger partial charge in [-0.3, -0.25) is 0 Å². The number of hydrogen-bond acceptors (Lipinski definition) is 3. The van der Waals surface area contributed by atoms with Crippen LogP contribution in [-0.4, -0.2) is 12.6 Å². The summed E-state index contributed by atoms with van der Waals surface area (Å²) in [7, 11) is 0. The van der Waals surface area contributed by atoms with Crippen LogP contribution in [0.25, 0.3) is 0 Å². The molecule has 1 N–H and O–H groups in total. The largest absolute Gasteiger partial charge is 0.462 e. The summed E-state index contributed by atoms with van der Waals surface area (Å²) in [5, 5.41) is 3.44. The lowest BCUT2D eigenvalue weighted by Gasteiger charge is -2.02. The van der Waals surface area contributed by atoms with Gasteiger partial charge < -0.3 is 14.5 Å². The Morgan fingerprint density at radius 3 is 2.83 bits per heavy atom. The van der Waals surface area contributed by atoms with E-state index >= 15 is 0 Å². The zero-order chi connectivity index (χ0) is 12.6. The topological polar surface area (TPSA) is 34.4 Å². The van der Waals surface area contributed by atoms with Crippen LogP contribution in [0.3, 0.4) is 0 Å². The number of ether oxygens (including phenoxy) is 1. The third kappa shape index (κ3) is 5.23. The van der Waals surface area contributed by atoms with Gasteiger partial charge >= 0.3 is 0 Å². The van der Waals surface area contributed by atoms with Gasteiger partial charge in [-0.05, 0) is 31.4 Å². The Hall–Kier alpha value is -0.800. The summed E-state index contributed by atoms with van der Waals surface area (Å²) < 4.78 is 11.3. The fourth-order valence-electron chi connectivity index (χ4n) is 1.93. The third-order valence-electron chi connectivity index (χ3n) is 3.25. The highest BCUT2D eigenvalue weighted by Crippen LogP contribution is 2.19. The average molecular weight is 251 g/mol. The molecule has 1 heterocycles. The molecule has 1 aliphatic carbocycles. The van der Waals surface area contributed by atoms with Gasteiger partial charge in [0, 0.05) is 12.6 Å². The first-order valence-electron chi connectivity index (χ1n) is 7.27. The standard InChI is InChI=1S/C15H25NO2/c1-2-3-4-5-10-17-12-15-9-8-14(18-15)11-16-13-6-7-13/h8-9,13,16H,2-7,10-12H2,1H3. The van der Waals surface area contributed by atoms with E-state index in [0.29, 0.717) is 6.61 Å². The molecule has 1 saturated carbocycles. The average Bonchev–Trinajstić information content (AvgIpc) is 3.11. The monoisotopic (exact) mass is 251 g/mol. The maximum Gasteiger partial charge on any atom is 0.129 e. The lowest BCUT2D eigenvalue weighted by molar-refractivity contribution is 0.101. The Balaban J connectivity index is 1.54. The Kier molecular flexibility index (Phi) is 5.75. The van der Waals surface area contributed by atoms with Crippen molar-refractivity contribution in [3.05, 3.63) is 23.7 Å². The van der Waals surface area contributed by atoms with E-state index in [9.17, 15) is 0 Å². The highest BCUT2D eigenvalue weighted by molar-refractivity contribution is 5.06. The molecule has 0 aliphatic heterocycles. The van der Waals surface area contributed by atoms with E-state index in [1.807, 2.05) is 12.1 Å². The van der Waals surface area contributed by atoms with Gasteiger partial charge in [0.15, 0.2) is 0 Å². The van der Waals surface area contributed by atoms with Crippen LogP contribution in [0.1, 0.15) is 57.0 Å². The Morgan fingerprint density at radius 1 is 1.22 bits per heavy atom. The van der Waals surface area contributed by atoms with Crippen molar-refractivity contribution in [3.8, 4) is 0 Å². The van der Waals surface area contributed by atoms with Gasteiger partial charge in [-0.15, -0.1) is 0 Å². The number of hydrogen-bond donors (Lipinski definition) is 1. The van der Waals surface area contributed by atoms with Gasteiger partial charge in [0.25, 0.3) is 0 Å². The van der Waals surface area contributed by atoms with Crippen molar-refractivity contribution < 1.29 is 9.15 Å². The summed E-state index contributed by atoms with van der Waals surface area (Å²) >= 11 is 0. The molecule has 3 nitrogen and oxygen atoms in total. The van der Waals surface area contributed by atoms with Crippen molar-refractivity contribution in [1.82, 2.24) is 5.32 Å². The first kappa shape index (κ1) is 13.6. The van der Waals surface area contributed by atoms with Crippen LogP contribution in [0, 0.1) is 0 Å². The summed E-state index contributed by atoms with van der Waals surface area (Å²) in [5.41, 5.74) is 0. The predicted octanol–water partition coefficient (Wildman–Crippen LogP) is 3.63. The highest BCUT2D eigenvalue weighted by Gasteiger charge is 2.20. The minimum Gasteiger partial charge on any atom is -0.462 e. The predicted molar refractivity (Wildman–Crippen MR) is 72.4 cm³/mol. The van der Waals surface area contributed by atoms with E-state index in [4.69, 9.17) is 9.15 Å². The van der Waals surface area contributed by atoms with Gasteiger partial charge in [0.2, 0.25) is 0 Å². The second-order valence-electron chi connectivity index (χ2n) is 5.14. The molecule has 1 aliphatic rings. The summed E-state index contributed by atoms with van der Waals surface area (Å²) in [6.45, 7) is 4.52. The minimum absolute atomic E-state index is 0.607. The van der Waals surface area contributed by atoms with Gasteiger partial charge in [-0.25, -0.2) is 0 Å². The third-order valence-corrected chi connectivity index (χ3v) is 3.25. The van der Waals surface area contributed by atoms with Crippen molar-refractivity contribution in [3.63, 3.8) is 0 Å². The van der Waals surface area contributed by atoms with Crippen LogP contribution in [0.4, 0.5) is 0 Å². The van der Waals surface area contributed by atoms with Crippen molar-refractivity contribution in [2.45, 2.75) is 64.6 Å². The lowest BCUT2D eigenvalue weighted by Crippen LogP contribution is -2.14. The molecule has 0 radical (unpaired) electrons. The van der Waals surface area contributed by atoms with E-state index in [-0.39, 0.29) is 0 Å². The lowest BCUT2D eigenvalue weighted by atomic mass is 10.2. The molecule has 1 aromatic heterocycles. The van der Waals surface area contributed by atoms with Crippen LogP contribution in [0.5, 0.6) is 0 Å². The molecular weight excluding hydrogens is 226 g/mol. The number of unbranched alkanes of at least 4 members (excludes halogenated alkanes) is 3. The maximum absolute atomic E-state index is 5.70. The molecule has 0 unspecified atom stereocenters. The molecule has 1 aromatic rings. The molecule has 0 atom stereocenters. The molecule has 2 rings (SSSR count). The molecule has 0 bridgehead atoms. The minimum atomic E-state index is 0.607. The first-order chi connectivity index (χ1) is 8.88. The zero-order valence-corrected chi connectivity index (χ0v) is 11.4. The molecule has 0 saturated heterocycles. The molecule has 1 fully saturated rings. The van der Waals surface area contributed by atoms with E-state index in [2.05, 4.69) is 12.2 Å². The fourth-order valence-corrected chi connectivity index (χ4v) is 1.93. The van der Waals surface area contributed by atoms with Crippen LogP contribution in [-0.2, 0) is 17.9 Å². The molecule has 102 valence electrons. The normalized spacial score (nSPS) is 15.2. The molecule has 0 amide bonds. The highest BCUT2D eigenvalue weighted by atomic mass is 16.5. The Labute approximate surface area is 110 Å². The van der Waals surface area contributed by atoms with Gasteiger partial charge in [0.1, 0.15) is 18.1 Å². The van der Waals surface area contributed by atoms with E-state index in [1.165, 1.54) is 32.1 Å². The fraction of sp³-hybridized carbons (Fsp3) is 0.733. The molecule has 0 aromatic carbocycles. The van der Waals surface area contributed by atoms with Crippen molar-refractivity contribution in [2.24, 2.45) is 0 Å². The van der Waals surface area contributed by atoms with Crippen molar-refractivity contribution in [2.75, 3.05) is 6.61 Å². The molecule has 18 heavy (non-hydrogen) atoms. The number of nitrogens with one attached hydrogen (secondary N) is 1. The SMILES string of the molecule is CCCCCCOCc1ccc(CNC2CC2)o1. The van der Waals surface area contributed by atoms with Gasteiger partial charge in [0.05, 0.1) is 6.54 Å². The van der Waals surface area contributed by atoms with Gasteiger partial charge in [-0.1, -0.05) is 26.2 Å². The van der Waals surface area contributed by atoms with Gasteiger partial charge in [-0.2, -0.15) is 0 Å². The van der Waals surface area contributed by atoms with E-state index in [0.717, 1.165) is 37.1 Å². The summed E-state index contributed by atoms with van der Waals surface area (Å²) in [6.07, 6.45) is 7.63. The number of rotatable bonds is 10. The first-order valence-corrected chi connectivity index (χ1v) is 7.27. The van der Waals surface area contributed by atoms with Crippen LogP contribution in [0.15, 0.2) is 16.5 Å². The summed E-state index contributed by atoms with van der Waals surface area (Å²) in [4.78, 5) is 0. The maximum atomic E-state index is 5.70. The quantitative estimate of drug-likeness (QED) is 0.645. The summed E-state index contributed by atoms with van der Waals surface area (Å²) in [5.74, 6) is 1.96. The second-order valence-corrected chi connectivity index (χ2v) is 5.14. The van der Waals surface area contributed by atoms with E-state index < -0.39 is 0 Å². The molecular formula is C15H25NO2. The summed E-state index contributed by atoms with van der Waals surface area (Å²) in [6, 6.07) is 4.80. The second kappa shape index (κ2) is 7.59. The molecule has 0 spiro atoms. The zero-order valence-electron chi connectivity index (χ0n) is 11.4. The van der Waals surface area contributed by atoms with Crippen molar-refractivity contribution >= 4 is 0 Å². The Morgan fingerprint density at radius 2 is 2.06 bits per heavy atom. The smallest absolute Gasteiger partial charge is 0.129 e. The van der Waals surface area contributed by atoms with Crippen LogP contribution >= 0.6 is 0 Å². The van der Waals surface area contributed by atoms with Crippen LogP contribution in [0.2, 0.25) is 0 Å². The number of furan rings is 1. The van der Waals surface area contributed by atoms with Crippen molar-refractivity contribution in [1.29, 1.82) is 0 Å². The Bertz CT molecular complexity index is 331. The van der Waals surface area contributed by atoms with E-state index in [1.54, 1.807) is 0 Å². The molecule has 3 heteroatoms. The van der Waals surface area contributed by atoms with Crippen LogP contribution < -0.4 is 5.32 Å².